The van der Waals surface area contributed by atoms with Crippen molar-refractivity contribution in [3.05, 3.63) is 29.8 Å². The van der Waals surface area contributed by atoms with Crippen molar-refractivity contribution in [1.29, 1.82) is 0 Å². The van der Waals surface area contributed by atoms with Crippen molar-refractivity contribution in [3.63, 3.8) is 0 Å². The number of amides is 2. The van der Waals surface area contributed by atoms with Crippen LogP contribution in [0.15, 0.2) is 24.3 Å². The Morgan fingerprint density at radius 1 is 0.889 bits per heavy atom. The maximum absolute atomic E-state index is 11.9. The minimum Gasteiger partial charge on any atom is -0.372 e. The van der Waals surface area contributed by atoms with E-state index in [4.69, 9.17) is 0 Å². The molecule has 5 heteroatoms. The van der Waals surface area contributed by atoms with E-state index in [1.165, 1.54) is 36.9 Å². The Morgan fingerprint density at radius 2 is 1.56 bits per heavy atom. The lowest BCUT2D eigenvalue weighted by Gasteiger charge is -2.22. The topological polar surface area (TPSA) is 61.4 Å². The summed E-state index contributed by atoms with van der Waals surface area (Å²) in [6.45, 7) is 2.85. The fourth-order valence-corrected chi connectivity index (χ4v) is 4.10. The third kappa shape index (κ3) is 6.26. The van der Waals surface area contributed by atoms with Crippen LogP contribution in [0.25, 0.3) is 0 Å². The van der Waals surface area contributed by atoms with E-state index in [0.717, 1.165) is 51.6 Å². The summed E-state index contributed by atoms with van der Waals surface area (Å²) in [5.74, 6) is -0.984. The Hall–Kier alpha value is -2.04. The van der Waals surface area contributed by atoms with Gasteiger partial charge in [0.15, 0.2) is 0 Å². The largest absolute Gasteiger partial charge is 0.372 e. The number of carbonyl (C=O) groups excluding carboxylic acids is 2. The molecule has 0 spiro atoms. The third-order valence-electron chi connectivity index (χ3n) is 5.73. The van der Waals surface area contributed by atoms with Crippen LogP contribution in [-0.4, -0.2) is 37.5 Å². The van der Waals surface area contributed by atoms with Crippen molar-refractivity contribution in [2.45, 2.75) is 70.3 Å². The molecule has 148 valence electrons. The molecule has 0 radical (unpaired) electrons. The number of aryl methyl sites for hydroxylation is 1. The first kappa shape index (κ1) is 19.7. The van der Waals surface area contributed by atoms with Gasteiger partial charge in [-0.05, 0) is 56.2 Å². The van der Waals surface area contributed by atoms with E-state index < -0.39 is 11.8 Å². The molecule has 1 aliphatic carbocycles. The second kappa shape index (κ2) is 10.3. The maximum atomic E-state index is 11.9. The molecule has 0 bridgehead atoms. The molecular weight excluding hydrogens is 338 g/mol. The van der Waals surface area contributed by atoms with Crippen molar-refractivity contribution in [3.8, 4) is 0 Å². The molecule has 2 fully saturated rings. The van der Waals surface area contributed by atoms with Gasteiger partial charge in [0.2, 0.25) is 0 Å². The van der Waals surface area contributed by atoms with Crippen LogP contribution in [0, 0.1) is 0 Å². The molecule has 5 nitrogen and oxygen atoms in total. The Morgan fingerprint density at radius 3 is 2.22 bits per heavy atom. The summed E-state index contributed by atoms with van der Waals surface area (Å²) >= 11 is 0. The van der Waals surface area contributed by atoms with E-state index in [2.05, 4.69) is 39.8 Å². The Balaban J connectivity index is 1.34. The lowest BCUT2D eigenvalue weighted by molar-refractivity contribution is -0.139. The average molecular weight is 372 g/mol. The molecule has 0 unspecified atom stereocenters. The van der Waals surface area contributed by atoms with Gasteiger partial charge in [-0.15, -0.1) is 0 Å². The second-order valence-corrected chi connectivity index (χ2v) is 7.88. The molecule has 1 saturated carbocycles. The number of hydrogen-bond acceptors (Lipinski definition) is 3. The molecule has 0 aromatic heterocycles. The minimum absolute atomic E-state index is 0.186. The first-order chi connectivity index (χ1) is 13.2. The first-order valence-corrected chi connectivity index (χ1v) is 10.6. The zero-order valence-electron chi connectivity index (χ0n) is 16.3. The van der Waals surface area contributed by atoms with Gasteiger partial charge in [0, 0.05) is 31.4 Å². The monoisotopic (exact) mass is 371 g/mol. The number of rotatable bonds is 6. The van der Waals surface area contributed by atoms with Crippen LogP contribution in [0.5, 0.6) is 0 Å². The maximum Gasteiger partial charge on any atom is 0.309 e. The molecule has 3 rings (SSSR count). The van der Waals surface area contributed by atoms with Gasteiger partial charge in [0.05, 0.1) is 0 Å². The van der Waals surface area contributed by atoms with E-state index in [1.54, 1.807) is 0 Å². The SMILES string of the molecule is O=C(NCCCc1ccc(N2CCCCCC2)cc1)C(=O)NC1CCCC1. The highest BCUT2D eigenvalue weighted by molar-refractivity contribution is 6.35. The molecule has 2 N–H and O–H groups in total. The molecule has 2 amide bonds. The van der Waals surface area contributed by atoms with Crippen molar-refractivity contribution in [1.82, 2.24) is 10.6 Å². The number of hydrogen-bond donors (Lipinski definition) is 2. The standard InChI is InChI=1S/C22H33N3O2/c26-21(22(27)24-19-9-3-4-10-19)23-15-7-8-18-11-13-20(14-12-18)25-16-5-1-2-6-17-25/h11-14,19H,1-10,15-17H2,(H,23,26)(H,24,27). The van der Waals surface area contributed by atoms with Gasteiger partial charge >= 0.3 is 11.8 Å². The molecule has 1 aliphatic heterocycles. The Bertz CT molecular complexity index is 600. The van der Waals surface area contributed by atoms with Crippen molar-refractivity contribution in [2.24, 2.45) is 0 Å². The molecule has 0 atom stereocenters. The highest BCUT2D eigenvalue weighted by atomic mass is 16.2. The smallest absolute Gasteiger partial charge is 0.309 e. The van der Waals surface area contributed by atoms with Crippen molar-refractivity contribution < 1.29 is 9.59 Å². The van der Waals surface area contributed by atoms with Crippen molar-refractivity contribution >= 4 is 17.5 Å². The summed E-state index contributed by atoms with van der Waals surface area (Å²) in [6.07, 6.45) is 11.3. The van der Waals surface area contributed by atoms with Gasteiger partial charge in [-0.3, -0.25) is 9.59 Å². The van der Waals surface area contributed by atoms with Crippen LogP contribution in [0.4, 0.5) is 5.69 Å². The van der Waals surface area contributed by atoms with E-state index in [0.29, 0.717) is 6.54 Å². The van der Waals surface area contributed by atoms with Crippen LogP contribution in [0.3, 0.4) is 0 Å². The highest BCUT2D eigenvalue weighted by Gasteiger charge is 2.20. The Kier molecular flexibility index (Phi) is 7.55. The zero-order chi connectivity index (χ0) is 18.9. The number of carbonyl (C=O) groups is 2. The first-order valence-electron chi connectivity index (χ1n) is 10.6. The quantitative estimate of drug-likeness (QED) is 0.596. The van der Waals surface area contributed by atoms with E-state index in [9.17, 15) is 9.59 Å². The number of nitrogens with one attached hydrogen (secondary N) is 2. The summed E-state index contributed by atoms with van der Waals surface area (Å²) < 4.78 is 0. The van der Waals surface area contributed by atoms with Crippen LogP contribution in [0.1, 0.15) is 63.4 Å². The third-order valence-corrected chi connectivity index (χ3v) is 5.73. The molecule has 1 saturated heterocycles. The van der Waals surface area contributed by atoms with Gasteiger partial charge in [0.25, 0.3) is 0 Å². The van der Waals surface area contributed by atoms with Gasteiger partial charge in [-0.25, -0.2) is 0 Å². The zero-order valence-corrected chi connectivity index (χ0v) is 16.3. The number of nitrogens with zero attached hydrogens (tertiary/aromatic N) is 1. The van der Waals surface area contributed by atoms with E-state index in [-0.39, 0.29) is 6.04 Å². The van der Waals surface area contributed by atoms with Crippen molar-refractivity contribution in [2.75, 3.05) is 24.5 Å². The number of anilines is 1. The molecular formula is C22H33N3O2. The normalized spacial score (nSPS) is 18.1. The molecule has 1 heterocycles. The van der Waals surface area contributed by atoms with Gasteiger partial charge in [-0.2, -0.15) is 0 Å². The van der Waals surface area contributed by atoms with Gasteiger partial charge in [0.1, 0.15) is 0 Å². The van der Waals surface area contributed by atoms with Gasteiger partial charge in [-0.1, -0.05) is 37.8 Å². The summed E-state index contributed by atoms with van der Waals surface area (Å²) in [5, 5.41) is 5.56. The van der Waals surface area contributed by atoms with Crippen LogP contribution in [0.2, 0.25) is 0 Å². The lowest BCUT2D eigenvalue weighted by atomic mass is 10.1. The molecule has 2 aliphatic rings. The predicted octanol–water partition coefficient (Wildman–Crippen LogP) is 3.17. The summed E-state index contributed by atoms with van der Waals surface area (Å²) in [6, 6.07) is 9.00. The van der Waals surface area contributed by atoms with E-state index in [1.807, 2.05) is 0 Å². The summed E-state index contributed by atoms with van der Waals surface area (Å²) in [7, 11) is 0. The van der Waals surface area contributed by atoms with E-state index >= 15 is 0 Å². The fourth-order valence-electron chi connectivity index (χ4n) is 4.10. The second-order valence-electron chi connectivity index (χ2n) is 7.88. The lowest BCUT2D eigenvalue weighted by Crippen LogP contribution is -2.44. The number of benzene rings is 1. The average Bonchev–Trinajstić information content (AvgIpc) is 3.04. The van der Waals surface area contributed by atoms with Gasteiger partial charge < -0.3 is 15.5 Å². The highest BCUT2D eigenvalue weighted by Crippen LogP contribution is 2.20. The fraction of sp³-hybridized carbons (Fsp3) is 0.636. The molecule has 1 aromatic rings. The predicted molar refractivity (Wildman–Crippen MR) is 109 cm³/mol. The van der Waals surface area contributed by atoms with Crippen LogP contribution < -0.4 is 15.5 Å². The summed E-state index contributed by atoms with van der Waals surface area (Å²) in [5.41, 5.74) is 2.59. The summed E-state index contributed by atoms with van der Waals surface area (Å²) in [4.78, 5) is 26.2. The van der Waals surface area contributed by atoms with Crippen LogP contribution >= 0.6 is 0 Å². The molecule has 1 aromatic carbocycles. The molecule has 27 heavy (non-hydrogen) atoms. The van der Waals surface area contributed by atoms with Crippen LogP contribution in [-0.2, 0) is 16.0 Å². The minimum atomic E-state index is -0.501. The Labute approximate surface area is 162 Å².